The number of rotatable bonds is 4. The summed E-state index contributed by atoms with van der Waals surface area (Å²) in [5.41, 5.74) is 5.30. The molecule has 3 N–H and O–H groups in total. The topological polar surface area (TPSA) is 109 Å². The van der Waals surface area contributed by atoms with E-state index in [0.717, 1.165) is 6.20 Å². The fourth-order valence-electron chi connectivity index (χ4n) is 1.38. The summed E-state index contributed by atoms with van der Waals surface area (Å²) < 4.78 is 0. The van der Waals surface area contributed by atoms with E-state index in [1.54, 1.807) is 24.3 Å². The molecule has 0 aliphatic heterocycles. The standard InChI is InChI=1S/C12H10ClN5O3/c13-8-1-3-9(4-2-8)15-12(19)17-16-11-6-5-10(7-14-11)18(20)21/h1-7H,(H,14,16)(H2,15,17,19). The number of urea groups is 1. The van der Waals surface area contributed by atoms with Crippen LogP contribution in [-0.4, -0.2) is 15.9 Å². The summed E-state index contributed by atoms with van der Waals surface area (Å²) >= 11 is 5.73. The van der Waals surface area contributed by atoms with Gasteiger partial charge in [-0.3, -0.25) is 21.0 Å². The molecule has 0 fully saturated rings. The fraction of sp³-hybridized carbons (Fsp3) is 0. The first-order chi connectivity index (χ1) is 10.0. The molecular formula is C12H10ClN5O3. The normalized spacial score (nSPS) is 9.76. The molecule has 9 heteroatoms. The largest absolute Gasteiger partial charge is 0.337 e. The lowest BCUT2D eigenvalue weighted by Crippen LogP contribution is -2.33. The number of pyridine rings is 1. The molecule has 0 saturated heterocycles. The van der Waals surface area contributed by atoms with Gasteiger partial charge in [-0.25, -0.2) is 9.78 Å². The van der Waals surface area contributed by atoms with Crippen molar-refractivity contribution >= 4 is 34.8 Å². The number of anilines is 2. The van der Waals surface area contributed by atoms with E-state index in [2.05, 4.69) is 21.2 Å². The Morgan fingerprint density at radius 3 is 2.48 bits per heavy atom. The minimum Gasteiger partial charge on any atom is -0.307 e. The van der Waals surface area contributed by atoms with Gasteiger partial charge in [-0.1, -0.05) is 11.6 Å². The van der Waals surface area contributed by atoms with Crippen LogP contribution in [0.5, 0.6) is 0 Å². The molecule has 2 amide bonds. The van der Waals surface area contributed by atoms with Crippen molar-refractivity contribution in [1.82, 2.24) is 10.4 Å². The van der Waals surface area contributed by atoms with Gasteiger partial charge in [0.2, 0.25) is 0 Å². The molecule has 1 aromatic carbocycles. The third-order valence-corrected chi connectivity index (χ3v) is 2.62. The number of hydrogen-bond donors (Lipinski definition) is 3. The molecule has 0 saturated carbocycles. The van der Waals surface area contributed by atoms with Crippen molar-refractivity contribution in [3.63, 3.8) is 0 Å². The summed E-state index contributed by atoms with van der Waals surface area (Å²) in [6.45, 7) is 0. The van der Waals surface area contributed by atoms with Crippen LogP contribution in [0.4, 0.5) is 22.0 Å². The van der Waals surface area contributed by atoms with E-state index >= 15 is 0 Å². The molecule has 0 bridgehead atoms. The van der Waals surface area contributed by atoms with Gasteiger partial charge in [-0.05, 0) is 30.3 Å². The number of hydrazine groups is 1. The first-order valence-corrected chi connectivity index (χ1v) is 6.11. The predicted molar refractivity (Wildman–Crippen MR) is 78.1 cm³/mol. The highest BCUT2D eigenvalue weighted by molar-refractivity contribution is 6.30. The van der Waals surface area contributed by atoms with Crippen molar-refractivity contribution in [3.05, 3.63) is 57.7 Å². The van der Waals surface area contributed by atoms with Crippen molar-refractivity contribution in [1.29, 1.82) is 0 Å². The average molecular weight is 308 g/mol. The van der Waals surface area contributed by atoms with Gasteiger partial charge in [0.25, 0.3) is 5.69 Å². The van der Waals surface area contributed by atoms with Crippen LogP contribution in [-0.2, 0) is 0 Å². The number of nitrogens with one attached hydrogen (secondary N) is 3. The molecule has 2 aromatic rings. The third kappa shape index (κ3) is 4.32. The minimum absolute atomic E-state index is 0.133. The number of nitrogens with zero attached hydrogens (tertiary/aromatic N) is 2. The molecule has 2 rings (SSSR count). The van der Waals surface area contributed by atoms with E-state index in [1.807, 2.05) is 0 Å². The van der Waals surface area contributed by atoms with Gasteiger partial charge in [0.15, 0.2) is 0 Å². The van der Waals surface area contributed by atoms with Gasteiger partial charge < -0.3 is 5.32 Å². The molecule has 1 aromatic heterocycles. The Morgan fingerprint density at radius 1 is 1.19 bits per heavy atom. The number of nitro groups is 1. The number of carbonyl (C=O) groups is 1. The second-order valence-electron chi connectivity index (χ2n) is 3.87. The lowest BCUT2D eigenvalue weighted by atomic mass is 10.3. The predicted octanol–water partition coefficient (Wildman–Crippen LogP) is 2.79. The molecule has 0 unspecified atom stereocenters. The van der Waals surface area contributed by atoms with Gasteiger partial charge in [-0.15, -0.1) is 0 Å². The Morgan fingerprint density at radius 2 is 1.90 bits per heavy atom. The van der Waals surface area contributed by atoms with Crippen LogP contribution in [0.15, 0.2) is 42.6 Å². The maximum absolute atomic E-state index is 11.6. The van der Waals surface area contributed by atoms with Gasteiger partial charge in [0.1, 0.15) is 12.0 Å². The van der Waals surface area contributed by atoms with Crippen molar-refractivity contribution in [2.24, 2.45) is 0 Å². The van der Waals surface area contributed by atoms with Gasteiger partial charge in [-0.2, -0.15) is 0 Å². The Balaban J connectivity index is 1.86. The quantitative estimate of drug-likeness (QED) is 0.594. The molecule has 0 radical (unpaired) electrons. The molecule has 0 aliphatic rings. The van der Waals surface area contributed by atoms with Gasteiger partial charge in [0.05, 0.1) is 4.92 Å². The summed E-state index contributed by atoms with van der Waals surface area (Å²) in [6, 6.07) is 8.70. The number of benzene rings is 1. The number of halogens is 1. The van der Waals surface area contributed by atoms with E-state index in [1.165, 1.54) is 12.1 Å². The smallest absolute Gasteiger partial charge is 0.307 e. The van der Waals surface area contributed by atoms with Crippen LogP contribution in [0.2, 0.25) is 5.02 Å². The van der Waals surface area contributed by atoms with E-state index in [-0.39, 0.29) is 11.5 Å². The Bertz CT molecular complexity index is 645. The molecule has 0 spiro atoms. The summed E-state index contributed by atoms with van der Waals surface area (Å²) in [7, 11) is 0. The Hall–Kier alpha value is -2.87. The van der Waals surface area contributed by atoms with E-state index in [0.29, 0.717) is 10.7 Å². The van der Waals surface area contributed by atoms with Crippen molar-refractivity contribution in [3.8, 4) is 0 Å². The Labute approximate surface area is 124 Å². The molecule has 8 nitrogen and oxygen atoms in total. The van der Waals surface area contributed by atoms with Crippen molar-refractivity contribution in [2.75, 3.05) is 10.7 Å². The molecular weight excluding hydrogens is 298 g/mol. The lowest BCUT2D eigenvalue weighted by Gasteiger charge is -2.09. The fourth-order valence-corrected chi connectivity index (χ4v) is 1.51. The number of hydrogen-bond acceptors (Lipinski definition) is 5. The zero-order chi connectivity index (χ0) is 15.2. The van der Waals surface area contributed by atoms with Crippen LogP contribution in [0.1, 0.15) is 0 Å². The maximum atomic E-state index is 11.6. The van der Waals surface area contributed by atoms with Gasteiger partial charge in [0, 0.05) is 16.8 Å². The molecule has 108 valence electrons. The summed E-state index contributed by atoms with van der Waals surface area (Å²) in [5.74, 6) is 0.270. The Kier molecular flexibility index (Phi) is 4.52. The first kappa shape index (κ1) is 14.5. The van der Waals surface area contributed by atoms with Crippen molar-refractivity contribution in [2.45, 2.75) is 0 Å². The monoisotopic (exact) mass is 307 g/mol. The zero-order valence-electron chi connectivity index (χ0n) is 10.5. The van der Waals surface area contributed by atoms with E-state index < -0.39 is 11.0 Å². The summed E-state index contributed by atoms with van der Waals surface area (Å²) in [4.78, 5) is 25.3. The molecule has 1 heterocycles. The number of aromatic nitrogens is 1. The molecule has 21 heavy (non-hydrogen) atoms. The first-order valence-electron chi connectivity index (χ1n) is 5.73. The van der Waals surface area contributed by atoms with Crippen molar-refractivity contribution < 1.29 is 9.72 Å². The number of carbonyl (C=O) groups excluding carboxylic acids is 1. The third-order valence-electron chi connectivity index (χ3n) is 2.36. The van der Waals surface area contributed by atoms with Gasteiger partial charge >= 0.3 is 6.03 Å². The van der Waals surface area contributed by atoms with E-state index in [9.17, 15) is 14.9 Å². The highest BCUT2D eigenvalue weighted by atomic mass is 35.5. The summed E-state index contributed by atoms with van der Waals surface area (Å²) in [5, 5.41) is 13.6. The van der Waals surface area contributed by atoms with Crippen LogP contribution >= 0.6 is 11.6 Å². The second-order valence-corrected chi connectivity index (χ2v) is 4.31. The van der Waals surface area contributed by atoms with Crippen LogP contribution in [0, 0.1) is 10.1 Å². The van der Waals surface area contributed by atoms with E-state index in [4.69, 9.17) is 11.6 Å². The lowest BCUT2D eigenvalue weighted by molar-refractivity contribution is -0.385. The van der Waals surface area contributed by atoms with Crippen LogP contribution in [0.25, 0.3) is 0 Å². The summed E-state index contributed by atoms with van der Waals surface area (Å²) in [6.07, 6.45) is 1.08. The van der Waals surface area contributed by atoms with Crippen LogP contribution in [0.3, 0.4) is 0 Å². The van der Waals surface area contributed by atoms with Crippen LogP contribution < -0.4 is 16.2 Å². The second kappa shape index (κ2) is 6.53. The molecule has 0 atom stereocenters. The maximum Gasteiger partial charge on any atom is 0.337 e. The zero-order valence-corrected chi connectivity index (χ0v) is 11.3. The minimum atomic E-state index is -0.558. The number of amides is 2. The SMILES string of the molecule is O=C(NNc1ccc([N+](=O)[O-])cn1)Nc1ccc(Cl)cc1. The average Bonchev–Trinajstić information content (AvgIpc) is 2.48. The highest BCUT2D eigenvalue weighted by Crippen LogP contribution is 2.13. The molecule has 0 aliphatic carbocycles. The highest BCUT2D eigenvalue weighted by Gasteiger charge is 2.06.